The van der Waals surface area contributed by atoms with Crippen LogP contribution in [0.15, 0.2) is 66.9 Å². The third-order valence-corrected chi connectivity index (χ3v) is 4.14. The van der Waals surface area contributed by atoms with Crippen LogP contribution in [0.1, 0.15) is 11.1 Å². The number of nitrogens with zero attached hydrogens (tertiary/aromatic N) is 2. The summed E-state index contributed by atoms with van der Waals surface area (Å²) in [5.74, 6) is 0.722. The summed E-state index contributed by atoms with van der Waals surface area (Å²) in [6.45, 7) is 1.44. The highest BCUT2D eigenvalue weighted by Crippen LogP contribution is 2.12. The first-order valence-electron chi connectivity index (χ1n) is 8.06. The van der Waals surface area contributed by atoms with Crippen LogP contribution < -0.4 is 10.6 Å². The van der Waals surface area contributed by atoms with Crippen LogP contribution in [0, 0.1) is 0 Å². The number of benzene rings is 2. The minimum absolute atomic E-state index is 0.573. The molecule has 4 nitrogen and oxygen atoms in total. The highest BCUT2D eigenvalue weighted by Gasteiger charge is 2.03. The summed E-state index contributed by atoms with van der Waals surface area (Å²) in [7, 11) is 0. The van der Waals surface area contributed by atoms with Crippen molar-refractivity contribution < 1.29 is 0 Å². The Morgan fingerprint density at radius 2 is 1.84 bits per heavy atom. The molecule has 0 fully saturated rings. The zero-order valence-corrected chi connectivity index (χ0v) is 15.2. The zero-order chi connectivity index (χ0) is 17.5. The van der Waals surface area contributed by atoms with Crippen molar-refractivity contribution in [2.75, 3.05) is 11.9 Å². The summed E-state index contributed by atoms with van der Waals surface area (Å²) in [5, 5.41) is 12.1. The predicted octanol–water partition coefficient (Wildman–Crippen LogP) is 4.11. The molecule has 2 aromatic carbocycles. The van der Waals surface area contributed by atoms with Gasteiger partial charge >= 0.3 is 0 Å². The topological polar surface area (TPSA) is 41.9 Å². The van der Waals surface area contributed by atoms with Gasteiger partial charge in [-0.2, -0.15) is 5.10 Å². The Morgan fingerprint density at radius 3 is 2.64 bits per heavy atom. The molecular weight excluding hydrogens is 352 g/mol. The molecule has 2 N–H and O–H groups in total. The Bertz CT molecular complexity index is 832. The Balaban J connectivity index is 1.46. The van der Waals surface area contributed by atoms with Crippen LogP contribution in [0.4, 0.5) is 5.82 Å². The third kappa shape index (κ3) is 5.59. The SMILES string of the molecule is S=C(NCCc1ccccc1)Nc1ccn(Cc2cccc(Cl)c2)n1. The fourth-order valence-corrected chi connectivity index (χ4v) is 2.88. The van der Waals surface area contributed by atoms with Crippen molar-refractivity contribution >= 4 is 34.7 Å². The Labute approximate surface area is 157 Å². The number of hydrogen-bond acceptors (Lipinski definition) is 2. The van der Waals surface area contributed by atoms with Crippen molar-refractivity contribution in [3.8, 4) is 0 Å². The van der Waals surface area contributed by atoms with Crippen LogP contribution >= 0.6 is 23.8 Å². The summed E-state index contributed by atoms with van der Waals surface area (Å²) in [6, 6.07) is 20.0. The number of thiocarbonyl (C=S) groups is 1. The average Bonchev–Trinajstić information content (AvgIpc) is 3.02. The lowest BCUT2D eigenvalue weighted by Gasteiger charge is -2.08. The second-order valence-corrected chi connectivity index (χ2v) is 6.49. The van der Waals surface area contributed by atoms with E-state index in [2.05, 4.69) is 27.9 Å². The van der Waals surface area contributed by atoms with Gasteiger partial charge in [-0.1, -0.05) is 54.1 Å². The molecule has 3 aromatic rings. The van der Waals surface area contributed by atoms with Gasteiger partial charge in [-0.05, 0) is 41.9 Å². The summed E-state index contributed by atoms with van der Waals surface area (Å²) >= 11 is 11.3. The van der Waals surface area contributed by atoms with Crippen LogP contribution in [0.3, 0.4) is 0 Å². The van der Waals surface area contributed by atoms with E-state index in [-0.39, 0.29) is 0 Å². The number of nitrogens with one attached hydrogen (secondary N) is 2. The smallest absolute Gasteiger partial charge is 0.172 e. The lowest BCUT2D eigenvalue weighted by atomic mass is 10.1. The standard InChI is InChI=1S/C19H19ClN4S/c20-17-8-4-7-16(13-17)14-24-12-10-18(23-24)22-19(25)21-11-9-15-5-2-1-3-6-15/h1-8,10,12-13H,9,11,14H2,(H2,21,22,23,25). The van der Waals surface area contributed by atoms with Crippen LogP contribution in [0.25, 0.3) is 0 Å². The normalized spacial score (nSPS) is 10.4. The molecular formula is C19H19ClN4S. The molecule has 0 bridgehead atoms. The molecule has 3 rings (SSSR count). The molecule has 0 aliphatic rings. The molecule has 6 heteroatoms. The van der Waals surface area contributed by atoms with Crippen LogP contribution in [-0.4, -0.2) is 21.4 Å². The van der Waals surface area contributed by atoms with Gasteiger partial charge in [0, 0.05) is 23.8 Å². The van der Waals surface area contributed by atoms with Crippen molar-refractivity contribution in [1.29, 1.82) is 0 Å². The van der Waals surface area contributed by atoms with Gasteiger partial charge in [0.25, 0.3) is 0 Å². The van der Waals surface area contributed by atoms with E-state index in [0.717, 1.165) is 29.4 Å². The lowest BCUT2D eigenvalue weighted by Crippen LogP contribution is -2.30. The first kappa shape index (κ1) is 17.5. The minimum Gasteiger partial charge on any atom is -0.362 e. The number of hydrogen-bond donors (Lipinski definition) is 2. The molecule has 25 heavy (non-hydrogen) atoms. The Kier molecular flexibility index (Phi) is 6.04. The van der Waals surface area contributed by atoms with E-state index in [4.69, 9.17) is 23.8 Å². The quantitative estimate of drug-likeness (QED) is 0.641. The summed E-state index contributed by atoms with van der Waals surface area (Å²) in [5.41, 5.74) is 2.38. The third-order valence-electron chi connectivity index (χ3n) is 3.66. The van der Waals surface area contributed by atoms with Crippen LogP contribution in [-0.2, 0) is 13.0 Å². The van der Waals surface area contributed by atoms with Crippen molar-refractivity contribution in [2.24, 2.45) is 0 Å². The Morgan fingerprint density at radius 1 is 1.04 bits per heavy atom. The number of anilines is 1. The maximum atomic E-state index is 6.01. The van der Waals surface area contributed by atoms with E-state index in [1.165, 1.54) is 5.56 Å². The van der Waals surface area contributed by atoms with E-state index >= 15 is 0 Å². The summed E-state index contributed by atoms with van der Waals surface area (Å²) in [6.07, 6.45) is 2.84. The Hall–Kier alpha value is -2.37. The highest BCUT2D eigenvalue weighted by molar-refractivity contribution is 7.80. The lowest BCUT2D eigenvalue weighted by molar-refractivity contribution is 0.690. The van der Waals surface area contributed by atoms with Gasteiger partial charge in [-0.3, -0.25) is 4.68 Å². The van der Waals surface area contributed by atoms with E-state index in [0.29, 0.717) is 11.7 Å². The molecule has 0 saturated heterocycles. The molecule has 0 spiro atoms. The first-order chi connectivity index (χ1) is 12.2. The van der Waals surface area contributed by atoms with Gasteiger partial charge < -0.3 is 10.6 Å². The fraction of sp³-hybridized carbons (Fsp3) is 0.158. The second-order valence-electron chi connectivity index (χ2n) is 5.64. The maximum absolute atomic E-state index is 6.01. The van der Waals surface area contributed by atoms with Crippen molar-refractivity contribution in [1.82, 2.24) is 15.1 Å². The molecule has 0 saturated carbocycles. The predicted molar refractivity (Wildman–Crippen MR) is 107 cm³/mol. The van der Waals surface area contributed by atoms with Gasteiger partial charge in [-0.15, -0.1) is 0 Å². The van der Waals surface area contributed by atoms with Crippen LogP contribution in [0.2, 0.25) is 5.02 Å². The van der Waals surface area contributed by atoms with E-state index in [1.807, 2.05) is 59.4 Å². The molecule has 0 aliphatic carbocycles. The van der Waals surface area contributed by atoms with Gasteiger partial charge in [0.1, 0.15) is 0 Å². The molecule has 128 valence electrons. The average molecular weight is 371 g/mol. The monoisotopic (exact) mass is 370 g/mol. The largest absolute Gasteiger partial charge is 0.362 e. The molecule has 1 aromatic heterocycles. The number of aromatic nitrogens is 2. The molecule has 0 unspecified atom stereocenters. The zero-order valence-electron chi connectivity index (χ0n) is 13.7. The molecule has 0 radical (unpaired) electrons. The molecule has 0 amide bonds. The number of rotatable bonds is 6. The number of halogens is 1. The maximum Gasteiger partial charge on any atom is 0.172 e. The van der Waals surface area contributed by atoms with Gasteiger partial charge in [0.15, 0.2) is 10.9 Å². The van der Waals surface area contributed by atoms with E-state index in [9.17, 15) is 0 Å². The summed E-state index contributed by atoms with van der Waals surface area (Å²) in [4.78, 5) is 0. The van der Waals surface area contributed by atoms with Crippen LogP contribution in [0.5, 0.6) is 0 Å². The second kappa shape index (κ2) is 8.65. The van der Waals surface area contributed by atoms with E-state index < -0.39 is 0 Å². The molecule has 0 atom stereocenters. The summed E-state index contributed by atoms with van der Waals surface area (Å²) < 4.78 is 1.85. The first-order valence-corrected chi connectivity index (χ1v) is 8.84. The van der Waals surface area contributed by atoms with Gasteiger partial charge in [0.2, 0.25) is 0 Å². The van der Waals surface area contributed by atoms with Crippen molar-refractivity contribution in [2.45, 2.75) is 13.0 Å². The molecule has 1 heterocycles. The minimum atomic E-state index is 0.573. The highest BCUT2D eigenvalue weighted by atomic mass is 35.5. The van der Waals surface area contributed by atoms with E-state index in [1.54, 1.807) is 0 Å². The van der Waals surface area contributed by atoms with Gasteiger partial charge in [-0.25, -0.2) is 0 Å². The molecule has 0 aliphatic heterocycles. The van der Waals surface area contributed by atoms with Crippen molar-refractivity contribution in [3.63, 3.8) is 0 Å². The van der Waals surface area contributed by atoms with Gasteiger partial charge in [0.05, 0.1) is 6.54 Å². The fourth-order valence-electron chi connectivity index (χ4n) is 2.46. The van der Waals surface area contributed by atoms with Crippen molar-refractivity contribution in [3.05, 3.63) is 83.0 Å².